The smallest absolute Gasteiger partial charge is 0.258 e. The minimum absolute atomic E-state index is 0.136. The van der Waals surface area contributed by atoms with Crippen molar-refractivity contribution in [1.82, 2.24) is 4.90 Å². The van der Waals surface area contributed by atoms with Gasteiger partial charge in [-0.25, -0.2) is 0 Å². The van der Waals surface area contributed by atoms with Gasteiger partial charge in [-0.2, -0.15) is 0 Å². The second kappa shape index (κ2) is 5.01. The van der Waals surface area contributed by atoms with Crippen LogP contribution in [0.4, 0.5) is 0 Å². The fourth-order valence-electron chi connectivity index (χ4n) is 2.38. The molecule has 2 rings (SSSR count). The molecule has 2 heterocycles. The van der Waals surface area contributed by atoms with Gasteiger partial charge in [0, 0.05) is 12.6 Å². The quantitative estimate of drug-likeness (QED) is 0.503. The Morgan fingerprint density at radius 2 is 1.95 bits per heavy atom. The molecule has 0 saturated carbocycles. The highest BCUT2D eigenvalue weighted by molar-refractivity contribution is 6.08. The molecule has 1 fully saturated rings. The summed E-state index contributed by atoms with van der Waals surface area (Å²) in [7, 11) is 1.36. The third-order valence-corrected chi connectivity index (χ3v) is 3.55. The second-order valence-corrected chi connectivity index (χ2v) is 4.87. The van der Waals surface area contributed by atoms with E-state index < -0.39 is 42.8 Å². The largest absolute Gasteiger partial charge is 0.394 e. The van der Waals surface area contributed by atoms with Crippen LogP contribution in [0.15, 0.2) is 11.6 Å². The van der Waals surface area contributed by atoms with Gasteiger partial charge in [-0.3, -0.25) is 14.5 Å². The van der Waals surface area contributed by atoms with Crippen molar-refractivity contribution in [3.63, 3.8) is 0 Å². The first-order valence-corrected chi connectivity index (χ1v) is 6.04. The van der Waals surface area contributed by atoms with Gasteiger partial charge in [0.1, 0.15) is 24.4 Å². The maximum absolute atomic E-state index is 12.0. The van der Waals surface area contributed by atoms with E-state index in [1.165, 1.54) is 13.1 Å². The van der Waals surface area contributed by atoms with Crippen LogP contribution < -0.4 is 0 Å². The van der Waals surface area contributed by atoms with Gasteiger partial charge in [0.2, 0.25) is 5.91 Å². The molecule has 2 aliphatic heterocycles. The van der Waals surface area contributed by atoms with Crippen molar-refractivity contribution >= 4 is 11.8 Å². The molecule has 7 nitrogen and oxygen atoms in total. The number of likely N-dealkylation sites (N-methyl/N-ethyl adjacent to an activating group) is 1. The zero-order chi connectivity index (χ0) is 14.3. The van der Waals surface area contributed by atoms with Crippen LogP contribution in [0.25, 0.3) is 0 Å². The minimum atomic E-state index is -1.30. The van der Waals surface area contributed by atoms with Crippen molar-refractivity contribution in [2.75, 3.05) is 13.7 Å². The zero-order valence-electron chi connectivity index (χ0n) is 10.7. The molecule has 0 aromatic heterocycles. The number of hydrogen-bond acceptors (Lipinski definition) is 6. The predicted octanol–water partition coefficient (Wildman–Crippen LogP) is -1.97. The van der Waals surface area contributed by atoms with E-state index >= 15 is 0 Å². The molecule has 1 saturated heterocycles. The number of ether oxygens (including phenoxy) is 1. The van der Waals surface area contributed by atoms with E-state index in [0.717, 1.165) is 4.90 Å². The lowest BCUT2D eigenvalue weighted by Crippen LogP contribution is -2.46. The van der Waals surface area contributed by atoms with E-state index in [2.05, 4.69) is 0 Å². The number of amides is 2. The SMILES string of the molecule is CC1C=C([C@@H]2O[C@H](CO)C(O)[C@@H]2O)C(=O)N(C)C1=O. The third kappa shape index (κ3) is 2.18. The molecule has 0 aromatic rings. The number of nitrogens with zero attached hydrogens (tertiary/aromatic N) is 1. The molecule has 106 valence electrons. The van der Waals surface area contributed by atoms with Gasteiger partial charge in [-0.15, -0.1) is 0 Å². The number of carbonyl (C=O) groups is 2. The normalized spacial score (nSPS) is 39.7. The predicted molar refractivity (Wildman–Crippen MR) is 62.8 cm³/mol. The molecule has 2 aliphatic rings. The summed E-state index contributed by atoms with van der Waals surface area (Å²) >= 11 is 0. The maximum Gasteiger partial charge on any atom is 0.258 e. The molecule has 0 bridgehead atoms. The molecule has 0 radical (unpaired) electrons. The molecule has 0 aliphatic carbocycles. The molecule has 2 unspecified atom stereocenters. The van der Waals surface area contributed by atoms with Gasteiger partial charge in [-0.05, 0) is 0 Å². The Balaban J connectivity index is 2.29. The molecule has 2 amide bonds. The summed E-state index contributed by atoms with van der Waals surface area (Å²) in [6.07, 6.45) is -3.10. The highest BCUT2D eigenvalue weighted by Gasteiger charge is 2.47. The van der Waals surface area contributed by atoms with E-state index in [-0.39, 0.29) is 11.5 Å². The zero-order valence-corrected chi connectivity index (χ0v) is 10.7. The van der Waals surface area contributed by atoms with Crippen LogP contribution >= 0.6 is 0 Å². The van der Waals surface area contributed by atoms with Crippen LogP contribution in [-0.4, -0.2) is 70.1 Å². The lowest BCUT2D eigenvalue weighted by Gasteiger charge is -2.28. The fourth-order valence-corrected chi connectivity index (χ4v) is 2.38. The molecule has 7 heteroatoms. The van der Waals surface area contributed by atoms with Gasteiger partial charge >= 0.3 is 0 Å². The van der Waals surface area contributed by atoms with Crippen molar-refractivity contribution in [3.05, 3.63) is 11.6 Å². The standard InChI is InChI=1S/C12H17NO6/c1-5-3-6(12(18)13(2)11(5)17)10-9(16)8(15)7(4-14)19-10/h3,5,7-10,14-16H,4H2,1-2H3/t5?,7-,8?,9+,10+/m1/s1. The molecule has 19 heavy (non-hydrogen) atoms. The average molecular weight is 271 g/mol. The van der Waals surface area contributed by atoms with Gasteiger partial charge in [0.25, 0.3) is 5.91 Å². The lowest BCUT2D eigenvalue weighted by atomic mass is 9.93. The summed E-state index contributed by atoms with van der Waals surface area (Å²) in [4.78, 5) is 24.6. The van der Waals surface area contributed by atoms with Crippen molar-refractivity contribution in [2.24, 2.45) is 5.92 Å². The number of imide groups is 1. The van der Waals surface area contributed by atoms with Crippen LogP contribution in [0, 0.1) is 5.92 Å². The number of aliphatic hydroxyl groups is 3. The Kier molecular flexibility index (Phi) is 3.73. The number of aliphatic hydroxyl groups excluding tert-OH is 3. The topological polar surface area (TPSA) is 107 Å². The van der Waals surface area contributed by atoms with Gasteiger partial charge in [0.15, 0.2) is 0 Å². The fraction of sp³-hybridized carbons (Fsp3) is 0.667. The van der Waals surface area contributed by atoms with Crippen molar-refractivity contribution in [2.45, 2.75) is 31.3 Å². The van der Waals surface area contributed by atoms with E-state index in [0.29, 0.717) is 0 Å². The van der Waals surface area contributed by atoms with Crippen LogP contribution in [0.3, 0.4) is 0 Å². The van der Waals surface area contributed by atoms with E-state index in [9.17, 15) is 19.8 Å². The van der Waals surface area contributed by atoms with Crippen molar-refractivity contribution in [3.8, 4) is 0 Å². The summed E-state index contributed by atoms with van der Waals surface area (Å²) in [5.41, 5.74) is 0.136. The molecule has 3 N–H and O–H groups in total. The minimum Gasteiger partial charge on any atom is -0.394 e. The van der Waals surface area contributed by atoms with Crippen LogP contribution in [0.5, 0.6) is 0 Å². The number of rotatable bonds is 2. The Hall–Kier alpha value is -1.28. The average Bonchev–Trinajstić information content (AvgIpc) is 2.68. The summed E-state index contributed by atoms with van der Waals surface area (Å²) in [5.74, 6) is -1.39. The summed E-state index contributed by atoms with van der Waals surface area (Å²) in [6, 6.07) is 0. The van der Waals surface area contributed by atoms with Crippen LogP contribution in [0.1, 0.15) is 6.92 Å². The van der Waals surface area contributed by atoms with Crippen LogP contribution in [0.2, 0.25) is 0 Å². The molecule has 0 aromatic carbocycles. The van der Waals surface area contributed by atoms with E-state index in [1.807, 2.05) is 0 Å². The Labute approximate surface area is 110 Å². The highest BCUT2D eigenvalue weighted by Crippen LogP contribution is 2.30. The summed E-state index contributed by atoms with van der Waals surface area (Å²) in [6.45, 7) is 1.17. The third-order valence-electron chi connectivity index (χ3n) is 3.55. The first-order valence-electron chi connectivity index (χ1n) is 6.04. The monoisotopic (exact) mass is 271 g/mol. The van der Waals surface area contributed by atoms with Gasteiger partial charge < -0.3 is 20.1 Å². The first-order chi connectivity index (χ1) is 8.88. The summed E-state index contributed by atoms with van der Waals surface area (Å²) < 4.78 is 5.30. The van der Waals surface area contributed by atoms with Crippen LogP contribution in [-0.2, 0) is 14.3 Å². The molecular formula is C12H17NO6. The Bertz CT molecular complexity index is 434. The van der Waals surface area contributed by atoms with Crippen molar-refractivity contribution in [1.29, 1.82) is 0 Å². The molecule has 5 atom stereocenters. The first kappa shape index (κ1) is 14.1. The van der Waals surface area contributed by atoms with E-state index in [1.54, 1.807) is 6.92 Å². The number of carbonyl (C=O) groups excluding carboxylic acids is 2. The van der Waals surface area contributed by atoms with Crippen molar-refractivity contribution < 1.29 is 29.6 Å². The van der Waals surface area contributed by atoms with Gasteiger partial charge in [-0.1, -0.05) is 13.0 Å². The Morgan fingerprint density at radius 3 is 2.47 bits per heavy atom. The van der Waals surface area contributed by atoms with E-state index in [4.69, 9.17) is 9.84 Å². The second-order valence-electron chi connectivity index (χ2n) is 4.87. The lowest BCUT2D eigenvalue weighted by molar-refractivity contribution is -0.144. The number of hydrogen-bond donors (Lipinski definition) is 3. The Morgan fingerprint density at radius 1 is 1.32 bits per heavy atom. The molecular weight excluding hydrogens is 254 g/mol. The molecule has 0 spiro atoms. The van der Waals surface area contributed by atoms with Gasteiger partial charge in [0.05, 0.1) is 12.5 Å². The maximum atomic E-state index is 12.0. The summed E-state index contributed by atoms with van der Waals surface area (Å²) in [5, 5.41) is 28.6. The highest BCUT2D eigenvalue weighted by atomic mass is 16.6.